The number of hydrogen-bond acceptors (Lipinski definition) is 3. The summed E-state index contributed by atoms with van der Waals surface area (Å²) in [6.07, 6.45) is 6.18. The van der Waals surface area contributed by atoms with Crippen LogP contribution in [0.5, 0.6) is 0 Å². The van der Waals surface area contributed by atoms with Gasteiger partial charge in [0, 0.05) is 23.5 Å². The fourth-order valence-corrected chi connectivity index (χ4v) is 6.72. The van der Waals surface area contributed by atoms with E-state index in [1.54, 1.807) is 12.1 Å². The van der Waals surface area contributed by atoms with Gasteiger partial charge in [0.25, 0.3) is 0 Å². The van der Waals surface area contributed by atoms with Crippen LogP contribution in [0.15, 0.2) is 121 Å². The first-order valence-corrected chi connectivity index (χ1v) is 16.4. The maximum absolute atomic E-state index is 12.4. The normalized spacial score (nSPS) is 11.9. The minimum absolute atomic E-state index is 0.128. The second-order valence-corrected chi connectivity index (χ2v) is 12.9. The number of benzene rings is 4. The first-order chi connectivity index (χ1) is 20.5. The van der Waals surface area contributed by atoms with Crippen LogP contribution in [-0.2, 0) is 28.4 Å². The average Bonchev–Trinajstić information content (AvgIpc) is 3.50. The van der Waals surface area contributed by atoms with E-state index in [1.807, 2.05) is 36.5 Å². The zero-order valence-electron chi connectivity index (χ0n) is 23.5. The van der Waals surface area contributed by atoms with Gasteiger partial charge < -0.3 is 4.98 Å². The lowest BCUT2D eigenvalue weighted by Gasteiger charge is -2.34. The highest BCUT2D eigenvalue weighted by Crippen LogP contribution is 2.43. The van der Waals surface area contributed by atoms with Crippen LogP contribution >= 0.6 is 11.6 Å². The highest BCUT2D eigenvalue weighted by molar-refractivity contribution is 7.89. The molecule has 5 aromatic rings. The molecule has 1 heterocycles. The summed E-state index contributed by atoms with van der Waals surface area (Å²) < 4.78 is 27.5. The largest absolute Gasteiger partial charge is 0.345 e. The number of halogens is 1. The zero-order valence-corrected chi connectivity index (χ0v) is 25.1. The Morgan fingerprint density at radius 3 is 1.76 bits per heavy atom. The van der Waals surface area contributed by atoms with E-state index in [-0.39, 0.29) is 12.3 Å². The molecule has 0 saturated carbocycles. The molecule has 0 spiro atoms. The van der Waals surface area contributed by atoms with Gasteiger partial charge in [0.15, 0.2) is 0 Å². The maximum atomic E-state index is 12.4. The van der Waals surface area contributed by atoms with Gasteiger partial charge >= 0.3 is 0 Å². The number of hydrogen-bond donors (Lipinski definition) is 2. The van der Waals surface area contributed by atoms with Crippen molar-refractivity contribution in [1.29, 1.82) is 0 Å². The Hall–Kier alpha value is -3.71. The van der Waals surface area contributed by atoms with Gasteiger partial charge in [-0.15, -0.1) is 0 Å². The predicted octanol–water partition coefficient (Wildman–Crippen LogP) is 7.67. The molecule has 5 nitrogen and oxygen atoms in total. The lowest BCUT2D eigenvalue weighted by molar-refractivity contribution is 0.573. The third kappa shape index (κ3) is 7.19. The molecule has 0 fully saturated rings. The summed E-state index contributed by atoms with van der Waals surface area (Å²) >= 11 is 5.90. The van der Waals surface area contributed by atoms with E-state index >= 15 is 0 Å². The lowest BCUT2D eigenvalue weighted by atomic mass is 9.69. The van der Waals surface area contributed by atoms with Crippen LogP contribution < -0.4 is 4.72 Å². The average molecular weight is 598 g/mol. The third-order valence-electron chi connectivity index (χ3n) is 7.62. The van der Waals surface area contributed by atoms with Gasteiger partial charge in [-0.3, -0.25) is 0 Å². The highest BCUT2D eigenvalue weighted by atomic mass is 35.5. The van der Waals surface area contributed by atoms with E-state index in [2.05, 4.69) is 82.5 Å². The molecule has 42 heavy (non-hydrogen) atoms. The molecule has 0 aliphatic heterocycles. The van der Waals surface area contributed by atoms with Gasteiger partial charge in [-0.1, -0.05) is 128 Å². The SMILES string of the molecule is O=S(=O)(CCCCCCc1cnc(C(c2ccccc2)(c2ccccc2)c2ccccc2)[nH]1)NCc1ccc(Cl)cc1. The van der Waals surface area contributed by atoms with Crippen molar-refractivity contribution in [2.24, 2.45) is 0 Å². The quantitative estimate of drug-likeness (QED) is 0.102. The Labute approximate surface area is 254 Å². The van der Waals surface area contributed by atoms with Gasteiger partial charge in [0.2, 0.25) is 10.0 Å². The van der Waals surface area contributed by atoms with Crippen LogP contribution in [0.4, 0.5) is 0 Å². The molecular formula is C35H36ClN3O2S. The number of aromatic nitrogens is 2. The van der Waals surface area contributed by atoms with E-state index in [0.29, 0.717) is 11.4 Å². The summed E-state index contributed by atoms with van der Waals surface area (Å²) in [6.45, 7) is 0.276. The van der Waals surface area contributed by atoms with Crippen molar-refractivity contribution in [3.05, 3.63) is 160 Å². The van der Waals surface area contributed by atoms with Crippen LogP contribution in [0.3, 0.4) is 0 Å². The summed E-state index contributed by atoms with van der Waals surface area (Å²) in [5.41, 5.74) is 4.82. The van der Waals surface area contributed by atoms with Gasteiger partial charge in [-0.05, 0) is 53.6 Å². The molecule has 0 radical (unpaired) electrons. The minimum atomic E-state index is -3.32. The minimum Gasteiger partial charge on any atom is -0.345 e. The van der Waals surface area contributed by atoms with Crippen LogP contribution in [0.1, 0.15) is 59.5 Å². The molecule has 0 bridgehead atoms. The summed E-state index contributed by atoms with van der Waals surface area (Å²) in [4.78, 5) is 8.64. The Morgan fingerprint density at radius 1 is 0.690 bits per heavy atom. The second kappa shape index (κ2) is 14.0. The number of rotatable bonds is 14. The van der Waals surface area contributed by atoms with Gasteiger partial charge in [-0.25, -0.2) is 18.1 Å². The van der Waals surface area contributed by atoms with Crippen molar-refractivity contribution in [2.75, 3.05) is 5.75 Å². The van der Waals surface area contributed by atoms with Crippen LogP contribution in [0.25, 0.3) is 0 Å². The number of nitrogens with one attached hydrogen (secondary N) is 2. The second-order valence-electron chi connectivity index (χ2n) is 10.5. The zero-order chi connectivity index (χ0) is 29.3. The van der Waals surface area contributed by atoms with E-state index in [1.165, 1.54) is 0 Å². The maximum Gasteiger partial charge on any atom is 0.211 e. The van der Waals surface area contributed by atoms with Crippen molar-refractivity contribution in [3.63, 3.8) is 0 Å². The van der Waals surface area contributed by atoms with Gasteiger partial charge in [0.1, 0.15) is 11.2 Å². The summed E-state index contributed by atoms with van der Waals surface area (Å²) in [5, 5.41) is 0.635. The molecule has 0 saturated heterocycles. The fourth-order valence-electron chi connectivity index (χ4n) is 5.48. The number of aromatic amines is 1. The number of imidazole rings is 1. The molecule has 0 aliphatic carbocycles. The summed E-state index contributed by atoms with van der Waals surface area (Å²) in [6, 6.07) is 38.8. The molecular weight excluding hydrogens is 562 g/mol. The fraction of sp³-hybridized carbons (Fsp3) is 0.229. The first-order valence-electron chi connectivity index (χ1n) is 14.4. The molecule has 0 aliphatic rings. The highest BCUT2D eigenvalue weighted by Gasteiger charge is 2.40. The molecule has 5 rings (SSSR count). The first kappa shape index (κ1) is 29.8. The summed E-state index contributed by atoms with van der Waals surface area (Å²) in [5.74, 6) is 1.02. The Morgan fingerprint density at radius 2 is 1.21 bits per heavy atom. The summed E-state index contributed by atoms with van der Waals surface area (Å²) in [7, 11) is -3.32. The van der Waals surface area contributed by atoms with Crippen molar-refractivity contribution in [2.45, 2.75) is 44.1 Å². The van der Waals surface area contributed by atoms with Crippen molar-refractivity contribution < 1.29 is 8.42 Å². The topological polar surface area (TPSA) is 74.8 Å². The Bertz CT molecular complexity index is 1540. The van der Waals surface area contributed by atoms with Crippen LogP contribution in [0.2, 0.25) is 5.02 Å². The number of aryl methyl sites for hydroxylation is 1. The predicted molar refractivity (Wildman–Crippen MR) is 171 cm³/mol. The number of sulfonamides is 1. The molecule has 0 atom stereocenters. The van der Waals surface area contributed by atoms with Crippen LogP contribution in [0, 0.1) is 0 Å². The van der Waals surface area contributed by atoms with E-state index in [4.69, 9.17) is 16.6 Å². The van der Waals surface area contributed by atoms with Crippen molar-refractivity contribution >= 4 is 21.6 Å². The van der Waals surface area contributed by atoms with Crippen molar-refractivity contribution in [1.82, 2.24) is 14.7 Å². The molecule has 216 valence electrons. The monoisotopic (exact) mass is 597 g/mol. The van der Waals surface area contributed by atoms with E-state index in [9.17, 15) is 8.42 Å². The van der Waals surface area contributed by atoms with Crippen molar-refractivity contribution in [3.8, 4) is 0 Å². The molecule has 0 amide bonds. The molecule has 1 aromatic heterocycles. The number of H-pyrrole nitrogens is 1. The number of nitrogens with zero attached hydrogens (tertiary/aromatic N) is 1. The molecule has 4 aromatic carbocycles. The standard InChI is InChI=1S/C35H36ClN3O2S/c36-32-23-21-28(22-24-32)26-38-42(40,41)25-13-2-1-12-20-33-27-37-34(39-33)35(29-14-6-3-7-15-29,30-16-8-4-9-17-30)31-18-10-5-11-19-31/h3-11,14-19,21-24,27,38H,1-2,12-13,20,25-26H2,(H,37,39). The third-order valence-corrected chi connectivity index (χ3v) is 9.28. The molecule has 2 N–H and O–H groups in total. The van der Waals surface area contributed by atoms with Gasteiger partial charge in [0.05, 0.1) is 5.75 Å². The Kier molecular flexibility index (Phi) is 9.90. The number of unbranched alkanes of at least 4 members (excludes halogenated alkanes) is 3. The Balaban J connectivity index is 1.23. The smallest absolute Gasteiger partial charge is 0.211 e. The van der Waals surface area contributed by atoms with E-state index < -0.39 is 15.4 Å². The van der Waals surface area contributed by atoms with Crippen LogP contribution in [-0.4, -0.2) is 24.1 Å². The molecule has 7 heteroatoms. The lowest BCUT2D eigenvalue weighted by Crippen LogP contribution is -2.32. The van der Waals surface area contributed by atoms with E-state index in [0.717, 1.165) is 59.5 Å². The van der Waals surface area contributed by atoms with Gasteiger partial charge in [-0.2, -0.15) is 0 Å². The molecule has 0 unspecified atom stereocenters.